The van der Waals surface area contributed by atoms with Crippen LogP contribution in [0.5, 0.6) is 0 Å². The Morgan fingerprint density at radius 3 is 2.31 bits per heavy atom. The first-order chi connectivity index (χ1) is 5.90. The third kappa shape index (κ3) is 5.23. The molecule has 0 fully saturated rings. The molecule has 1 unspecified atom stereocenters. The van der Waals surface area contributed by atoms with Crippen molar-refractivity contribution in [2.75, 3.05) is 18.8 Å². The van der Waals surface area contributed by atoms with E-state index in [1.165, 1.54) is 0 Å². The third-order valence-electron chi connectivity index (χ3n) is 1.77. The number of sulfone groups is 1. The van der Waals surface area contributed by atoms with Gasteiger partial charge in [-0.2, -0.15) is 0 Å². The molecule has 0 amide bonds. The molecule has 13 heavy (non-hydrogen) atoms. The normalized spacial score (nSPS) is 14.8. The molecule has 0 aliphatic heterocycles. The lowest BCUT2D eigenvalue weighted by Gasteiger charge is -2.13. The molecule has 5 heteroatoms. The van der Waals surface area contributed by atoms with Gasteiger partial charge in [0.25, 0.3) is 0 Å². The molecule has 0 heterocycles. The predicted molar refractivity (Wildman–Crippen MR) is 53.5 cm³/mol. The first-order valence-corrected chi connectivity index (χ1v) is 6.22. The Morgan fingerprint density at radius 2 is 1.92 bits per heavy atom. The SMILES string of the molecule is CCNCC(O)CS(=O)(=O)C(C)C. The van der Waals surface area contributed by atoms with E-state index >= 15 is 0 Å². The zero-order valence-electron chi connectivity index (χ0n) is 8.45. The summed E-state index contributed by atoms with van der Waals surface area (Å²) in [7, 11) is -3.12. The van der Waals surface area contributed by atoms with Gasteiger partial charge in [0.15, 0.2) is 9.84 Å². The Labute approximate surface area is 80.3 Å². The Hall–Kier alpha value is -0.130. The summed E-state index contributed by atoms with van der Waals surface area (Å²) in [5.41, 5.74) is 0. The van der Waals surface area contributed by atoms with Gasteiger partial charge in [-0.05, 0) is 20.4 Å². The molecule has 1 atom stereocenters. The number of nitrogens with one attached hydrogen (secondary N) is 1. The number of likely N-dealkylation sites (N-methyl/N-ethyl adjacent to an activating group) is 1. The topological polar surface area (TPSA) is 66.4 Å². The van der Waals surface area contributed by atoms with Gasteiger partial charge in [-0.25, -0.2) is 8.42 Å². The molecular weight excluding hydrogens is 190 g/mol. The van der Waals surface area contributed by atoms with Gasteiger partial charge in [0.2, 0.25) is 0 Å². The van der Waals surface area contributed by atoms with Crippen LogP contribution in [0.15, 0.2) is 0 Å². The molecule has 0 aliphatic carbocycles. The van der Waals surface area contributed by atoms with Crippen LogP contribution in [0.3, 0.4) is 0 Å². The maximum atomic E-state index is 11.3. The number of aliphatic hydroxyl groups excluding tert-OH is 1. The lowest BCUT2D eigenvalue weighted by atomic mass is 10.4. The van der Waals surface area contributed by atoms with Crippen molar-refractivity contribution in [2.45, 2.75) is 32.1 Å². The Morgan fingerprint density at radius 1 is 1.38 bits per heavy atom. The molecule has 0 saturated carbocycles. The first-order valence-electron chi connectivity index (χ1n) is 4.50. The van der Waals surface area contributed by atoms with Gasteiger partial charge >= 0.3 is 0 Å². The molecular formula is C8H19NO3S. The van der Waals surface area contributed by atoms with Crippen LogP contribution in [0.1, 0.15) is 20.8 Å². The molecule has 0 aliphatic rings. The number of rotatable bonds is 6. The molecule has 0 saturated heterocycles. The summed E-state index contributed by atoms with van der Waals surface area (Å²) in [6, 6.07) is 0. The highest BCUT2D eigenvalue weighted by molar-refractivity contribution is 7.92. The smallest absolute Gasteiger partial charge is 0.155 e. The van der Waals surface area contributed by atoms with E-state index in [1.807, 2.05) is 6.92 Å². The van der Waals surface area contributed by atoms with E-state index in [0.717, 1.165) is 6.54 Å². The second-order valence-electron chi connectivity index (χ2n) is 3.34. The quantitative estimate of drug-likeness (QED) is 0.635. The van der Waals surface area contributed by atoms with Crippen LogP contribution in [0, 0.1) is 0 Å². The van der Waals surface area contributed by atoms with Crippen molar-refractivity contribution in [3.63, 3.8) is 0 Å². The third-order valence-corrected chi connectivity index (χ3v) is 4.06. The maximum absolute atomic E-state index is 11.3. The summed E-state index contributed by atoms with van der Waals surface area (Å²) in [6.45, 7) is 6.22. The number of hydrogen-bond acceptors (Lipinski definition) is 4. The molecule has 0 spiro atoms. The van der Waals surface area contributed by atoms with Crippen molar-refractivity contribution in [1.29, 1.82) is 0 Å². The highest BCUT2D eigenvalue weighted by Gasteiger charge is 2.20. The predicted octanol–water partition coefficient (Wildman–Crippen LogP) is -0.220. The molecule has 80 valence electrons. The number of aliphatic hydroxyl groups is 1. The molecule has 0 aromatic rings. The van der Waals surface area contributed by atoms with Crippen molar-refractivity contribution in [1.82, 2.24) is 5.32 Å². The van der Waals surface area contributed by atoms with Crippen molar-refractivity contribution in [3.05, 3.63) is 0 Å². The molecule has 0 bridgehead atoms. The van der Waals surface area contributed by atoms with Crippen molar-refractivity contribution in [3.8, 4) is 0 Å². The molecule has 2 N–H and O–H groups in total. The zero-order valence-corrected chi connectivity index (χ0v) is 9.26. The minimum atomic E-state index is -3.12. The van der Waals surface area contributed by atoms with Gasteiger partial charge in [-0.3, -0.25) is 0 Å². The van der Waals surface area contributed by atoms with E-state index in [4.69, 9.17) is 0 Å². The summed E-state index contributed by atoms with van der Waals surface area (Å²) in [5, 5.41) is 11.8. The largest absolute Gasteiger partial charge is 0.391 e. The second-order valence-corrected chi connectivity index (χ2v) is 5.94. The van der Waals surface area contributed by atoms with E-state index in [1.54, 1.807) is 13.8 Å². The average molecular weight is 209 g/mol. The van der Waals surface area contributed by atoms with E-state index in [0.29, 0.717) is 6.54 Å². The summed E-state index contributed by atoms with van der Waals surface area (Å²) in [4.78, 5) is 0. The fourth-order valence-electron chi connectivity index (χ4n) is 0.830. The molecule has 0 aromatic heterocycles. The van der Waals surface area contributed by atoms with E-state index in [9.17, 15) is 13.5 Å². The van der Waals surface area contributed by atoms with Crippen LogP contribution in [-0.2, 0) is 9.84 Å². The van der Waals surface area contributed by atoms with E-state index < -0.39 is 21.2 Å². The van der Waals surface area contributed by atoms with Crippen LogP contribution in [0.2, 0.25) is 0 Å². The molecule has 4 nitrogen and oxygen atoms in total. The summed E-state index contributed by atoms with van der Waals surface area (Å²) in [6.07, 6.45) is -0.799. The highest BCUT2D eigenvalue weighted by Crippen LogP contribution is 2.02. The standard InChI is InChI=1S/C8H19NO3S/c1-4-9-5-8(10)6-13(11,12)7(2)3/h7-10H,4-6H2,1-3H3. The monoisotopic (exact) mass is 209 g/mol. The fourth-order valence-corrected chi connectivity index (χ4v) is 1.87. The second kappa shape index (κ2) is 5.57. The zero-order chi connectivity index (χ0) is 10.5. The maximum Gasteiger partial charge on any atom is 0.155 e. The van der Waals surface area contributed by atoms with Crippen LogP contribution < -0.4 is 5.32 Å². The Bertz CT molecular complexity index is 224. The summed E-state index contributed by atoms with van der Waals surface area (Å²) in [5.74, 6) is -0.155. The summed E-state index contributed by atoms with van der Waals surface area (Å²) >= 11 is 0. The molecule has 0 radical (unpaired) electrons. The van der Waals surface area contributed by atoms with Gasteiger partial charge in [-0.1, -0.05) is 6.92 Å². The average Bonchev–Trinajstić information content (AvgIpc) is 1.99. The van der Waals surface area contributed by atoms with Gasteiger partial charge in [-0.15, -0.1) is 0 Å². The van der Waals surface area contributed by atoms with Crippen LogP contribution in [0.25, 0.3) is 0 Å². The highest BCUT2D eigenvalue weighted by atomic mass is 32.2. The van der Waals surface area contributed by atoms with Crippen molar-refractivity contribution < 1.29 is 13.5 Å². The van der Waals surface area contributed by atoms with E-state index in [-0.39, 0.29) is 5.75 Å². The van der Waals surface area contributed by atoms with Crippen LogP contribution >= 0.6 is 0 Å². The number of hydrogen-bond donors (Lipinski definition) is 2. The van der Waals surface area contributed by atoms with Crippen molar-refractivity contribution >= 4 is 9.84 Å². The minimum Gasteiger partial charge on any atom is -0.391 e. The Balaban J connectivity index is 3.98. The minimum absolute atomic E-state index is 0.155. The van der Waals surface area contributed by atoms with Crippen LogP contribution in [0.4, 0.5) is 0 Å². The lowest BCUT2D eigenvalue weighted by Crippen LogP contribution is -2.34. The van der Waals surface area contributed by atoms with Gasteiger partial charge < -0.3 is 10.4 Å². The van der Waals surface area contributed by atoms with Gasteiger partial charge in [0.05, 0.1) is 17.1 Å². The van der Waals surface area contributed by atoms with Gasteiger partial charge in [0.1, 0.15) is 0 Å². The lowest BCUT2D eigenvalue weighted by molar-refractivity contribution is 0.194. The fraction of sp³-hybridized carbons (Fsp3) is 1.00. The van der Waals surface area contributed by atoms with Gasteiger partial charge in [0, 0.05) is 6.54 Å². The van der Waals surface area contributed by atoms with Crippen LogP contribution in [-0.4, -0.2) is 43.7 Å². The Kier molecular flexibility index (Phi) is 5.51. The van der Waals surface area contributed by atoms with E-state index in [2.05, 4.69) is 5.32 Å². The molecule has 0 aromatic carbocycles. The molecule has 0 rings (SSSR count). The van der Waals surface area contributed by atoms with Crippen molar-refractivity contribution in [2.24, 2.45) is 0 Å². The summed E-state index contributed by atoms with van der Waals surface area (Å²) < 4.78 is 22.6. The first kappa shape index (κ1) is 12.9.